The highest BCUT2D eigenvalue weighted by atomic mass is 35.5. The fraction of sp³-hybridized carbons (Fsp3) is 0.514. The number of carboxylic acids is 1. The van der Waals surface area contributed by atoms with Crippen LogP contribution in [0.25, 0.3) is 10.9 Å². The lowest BCUT2D eigenvalue weighted by Gasteiger charge is -2.40. The first-order valence-corrected chi connectivity index (χ1v) is 19.9. The van der Waals surface area contributed by atoms with E-state index in [1.54, 1.807) is 15.9 Å². The molecular formula is C37H46Cl2F3N5O7S. The number of rotatable bonds is 11. The summed E-state index contributed by atoms with van der Waals surface area (Å²) in [4.78, 5) is 43.6. The summed E-state index contributed by atoms with van der Waals surface area (Å²) in [6, 6.07) is 10.5. The van der Waals surface area contributed by atoms with Gasteiger partial charge in [0.15, 0.2) is 0 Å². The maximum Gasteiger partial charge on any atom is 0.430 e. The molecule has 0 spiro atoms. The van der Waals surface area contributed by atoms with Crippen molar-refractivity contribution in [2.75, 3.05) is 53.9 Å². The standard InChI is InChI=1S/C35H46Cl2N5O5S.C2HF3O2/c1-24-22-25(2)38-33-26(24)10-8-11-29(33)47-23-27-28(36)13-14-30(32(27)37)48(45,46)39-35(15-6-7-16-35)34(44)41-19-17-40(18-20-41)31(43)12-9-21-42(3,4)5;3-2(4,5)1(6)7/h8,10-11,13-14,22,39H,6-7,9,12,15-21,23H2,1-5H3;(H,6,7)/q+1;/p-1. The number of quaternary nitrogens is 1. The molecule has 2 aromatic carbocycles. The van der Waals surface area contributed by atoms with Crippen LogP contribution >= 0.6 is 23.2 Å². The highest BCUT2D eigenvalue weighted by Crippen LogP contribution is 2.37. The molecule has 1 saturated carbocycles. The van der Waals surface area contributed by atoms with E-state index in [1.807, 2.05) is 32.0 Å². The highest BCUT2D eigenvalue weighted by molar-refractivity contribution is 7.89. The first kappa shape index (κ1) is 44.0. The number of sulfonamides is 1. The number of piperazine rings is 1. The van der Waals surface area contributed by atoms with Gasteiger partial charge in [-0.1, -0.05) is 48.2 Å². The third-order valence-corrected chi connectivity index (χ3v) is 12.0. The fourth-order valence-corrected chi connectivity index (χ4v) is 9.02. The second-order valence-electron chi connectivity index (χ2n) is 14.8. The summed E-state index contributed by atoms with van der Waals surface area (Å²) in [5.41, 5.74) is 1.63. The molecule has 0 bridgehead atoms. The number of carboxylic acid groups (broad SMARTS) is 1. The minimum absolute atomic E-state index is 0.0615. The van der Waals surface area contributed by atoms with Crippen molar-refractivity contribution in [3.05, 3.63) is 63.3 Å². The van der Waals surface area contributed by atoms with Crippen LogP contribution in [0.4, 0.5) is 13.2 Å². The van der Waals surface area contributed by atoms with Crippen LogP contribution in [-0.2, 0) is 31.0 Å². The van der Waals surface area contributed by atoms with Gasteiger partial charge in [-0.15, -0.1) is 0 Å². The Morgan fingerprint density at radius 2 is 1.60 bits per heavy atom. The van der Waals surface area contributed by atoms with E-state index >= 15 is 0 Å². The molecule has 1 saturated heterocycles. The fourth-order valence-electron chi connectivity index (χ4n) is 6.71. The Kier molecular flexibility index (Phi) is 14.1. The van der Waals surface area contributed by atoms with E-state index in [2.05, 4.69) is 30.8 Å². The van der Waals surface area contributed by atoms with Crippen LogP contribution in [-0.4, -0.2) is 111 Å². The third-order valence-electron chi connectivity index (χ3n) is 9.52. The third kappa shape index (κ3) is 11.2. The number of aromatic nitrogens is 1. The van der Waals surface area contributed by atoms with E-state index in [1.165, 1.54) is 12.1 Å². The van der Waals surface area contributed by atoms with Crippen LogP contribution in [0.15, 0.2) is 41.3 Å². The molecular weight excluding hydrogens is 786 g/mol. The molecule has 302 valence electrons. The van der Waals surface area contributed by atoms with Gasteiger partial charge < -0.3 is 28.9 Å². The van der Waals surface area contributed by atoms with Crippen LogP contribution in [0.1, 0.15) is 55.3 Å². The summed E-state index contributed by atoms with van der Waals surface area (Å²) in [5.74, 6) is -2.65. The average Bonchev–Trinajstić information content (AvgIpc) is 3.56. The number of hydrogen-bond acceptors (Lipinski definition) is 8. The van der Waals surface area contributed by atoms with Crippen molar-refractivity contribution in [1.29, 1.82) is 0 Å². The molecule has 2 amide bonds. The van der Waals surface area contributed by atoms with Gasteiger partial charge in [0.1, 0.15) is 34.3 Å². The molecule has 2 fully saturated rings. The summed E-state index contributed by atoms with van der Waals surface area (Å²) in [5, 5.41) is 9.93. The normalized spacial score (nSPS) is 16.1. The van der Waals surface area contributed by atoms with Gasteiger partial charge in [0, 0.05) is 60.7 Å². The number of nitrogens with zero attached hydrogens (tertiary/aromatic N) is 4. The summed E-state index contributed by atoms with van der Waals surface area (Å²) < 4.78 is 69.2. The molecule has 1 aliphatic carbocycles. The Morgan fingerprint density at radius 3 is 2.18 bits per heavy atom. The monoisotopic (exact) mass is 831 g/mol. The van der Waals surface area contributed by atoms with Gasteiger partial charge in [-0.05, 0) is 56.5 Å². The Bertz CT molecular complexity index is 2010. The van der Waals surface area contributed by atoms with Crippen LogP contribution < -0.4 is 14.6 Å². The van der Waals surface area contributed by atoms with Gasteiger partial charge in [0.05, 0.1) is 32.7 Å². The van der Waals surface area contributed by atoms with Crippen molar-refractivity contribution in [1.82, 2.24) is 19.5 Å². The number of nitrogens with one attached hydrogen (secondary N) is 1. The lowest BCUT2D eigenvalue weighted by atomic mass is 9.96. The lowest BCUT2D eigenvalue weighted by Crippen LogP contribution is -2.61. The molecule has 1 aliphatic heterocycles. The van der Waals surface area contributed by atoms with Crippen molar-refractivity contribution in [2.24, 2.45) is 0 Å². The van der Waals surface area contributed by atoms with E-state index in [4.69, 9.17) is 37.8 Å². The predicted octanol–water partition coefficient (Wildman–Crippen LogP) is 4.78. The zero-order chi connectivity index (χ0) is 40.9. The molecule has 5 rings (SSSR count). The molecule has 1 N–H and O–H groups in total. The van der Waals surface area contributed by atoms with E-state index < -0.39 is 27.7 Å². The van der Waals surface area contributed by atoms with Crippen LogP contribution in [0.5, 0.6) is 5.75 Å². The number of para-hydroxylation sites is 1. The molecule has 2 heterocycles. The Morgan fingerprint density at radius 1 is 1.00 bits per heavy atom. The van der Waals surface area contributed by atoms with Crippen molar-refractivity contribution < 1.29 is 50.3 Å². The van der Waals surface area contributed by atoms with E-state index in [9.17, 15) is 31.2 Å². The number of ether oxygens (including phenoxy) is 1. The summed E-state index contributed by atoms with van der Waals surface area (Å²) in [6.07, 6.45) is -1.74. The lowest BCUT2D eigenvalue weighted by molar-refractivity contribution is -0.870. The number of amides is 2. The quantitative estimate of drug-likeness (QED) is 0.272. The molecule has 2 aliphatic rings. The smallest absolute Gasteiger partial charge is 0.430 e. The van der Waals surface area contributed by atoms with Crippen LogP contribution in [0.2, 0.25) is 10.0 Å². The zero-order valence-electron chi connectivity index (χ0n) is 31.4. The van der Waals surface area contributed by atoms with Crippen LogP contribution in [0.3, 0.4) is 0 Å². The topological polar surface area (TPSA) is 149 Å². The molecule has 1 aromatic heterocycles. The van der Waals surface area contributed by atoms with Gasteiger partial charge in [-0.2, -0.15) is 17.9 Å². The van der Waals surface area contributed by atoms with Crippen molar-refractivity contribution >= 4 is 61.9 Å². The van der Waals surface area contributed by atoms with E-state index in [0.717, 1.165) is 34.1 Å². The number of hydrogen-bond donors (Lipinski definition) is 1. The van der Waals surface area contributed by atoms with Crippen molar-refractivity contribution in [3.63, 3.8) is 0 Å². The Balaban J connectivity index is 0.000000876. The number of aliphatic carboxylic acids is 1. The largest absolute Gasteiger partial charge is 0.542 e. The Hall–Kier alpha value is -3.70. The number of alkyl halides is 3. The van der Waals surface area contributed by atoms with E-state index in [-0.39, 0.29) is 33.4 Å². The minimum Gasteiger partial charge on any atom is -0.542 e. The number of carbonyl (C=O) groups excluding carboxylic acids is 3. The summed E-state index contributed by atoms with van der Waals surface area (Å²) >= 11 is 13.3. The molecule has 0 atom stereocenters. The number of fused-ring (bicyclic) bond motifs is 1. The first-order valence-electron chi connectivity index (χ1n) is 17.7. The summed E-state index contributed by atoms with van der Waals surface area (Å²) in [6.45, 7) is 6.30. The summed E-state index contributed by atoms with van der Waals surface area (Å²) in [7, 11) is 2.05. The second-order valence-corrected chi connectivity index (χ2v) is 17.3. The maximum absolute atomic E-state index is 14.0. The number of carbonyl (C=O) groups is 3. The van der Waals surface area contributed by atoms with Crippen molar-refractivity contribution in [2.45, 2.75) is 75.6 Å². The molecule has 55 heavy (non-hydrogen) atoms. The molecule has 0 radical (unpaired) electrons. The highest BCUT2D eigenvalue weighted by Gasteiger charge is 2.47. The molecule has 18 heteroatoms. The van der Waals surface area contributed by atoms with Gasteiger partial charge in [0.25, 0.3) is 0 Å². The maximum atomic E-state index is 14.0. The van der Waals surface area contributed by atoms with Gasteiger partial charge in [-0.3, -0.25) is 9.59 Å². The number of aryl methyl sites for hydroxylation is 2. The first-order chi connectivity index (χ1) is 25.5. The van der Waals surface area contributed by atoms with Crippen LogP contribution in [0, 0.1) is 13.8 Å². The SMILES string of the molecule is Cc1cc(C)c2cccc(OCc3c(Cl)ccc(S(=O)(=O)NC4(C(=O)N5CCN(C(=O)CCC[N+](C)(C)C)CC5)CCCC4)c3Cl)c2n1.O=C([O-])C(F)(F)F. The van der Waals surface area contributed by atoms with Crippen molar-refractivity contribution in [3.8, 4) is 5.75 Å². The van der Waals surface area contributed by atoms with Gasteiger partial charge in [0.2, 0.25) is 21.8 Å². The average molecular weight is 833 g/mol. The predicted molar refractivity (Wildman–Crippen MR) is 200 cm³/mol. The molecule has 3 aromatic rings. The van der Waals surface area contributed by atoms with Gasteiger partial charge in [-0.25, -0.2) is 13.4 Å². The Labute approximate surface area is 329 Å². The van der Waals surface area contributed by atoms with E-state index in [0.29, 0.717) is 75.1 Å². The molecule has 12 nitrogen and oxygen atoms in total. The zero-order valence-corrected chi connectivity index (χ0v) is 33.7. The minimum atomic E-state index is -5.19. The van der Waals surface area contributed by atoms with Gasteiger partial charge >= 0.3 is 6.18 Å². The second kappa shape index (κ2) is 17.6. The molecule has 0 unspecified atom stereocenters. The number of halogens is 5. The number of pyridine rings is 1. The number of benzene rings is 2.